The minimum absolute atomic E-state index is 0.00501. The Morgan fingerprint density at radius 3 is 2.41 bits per heavy atom. The molecule has 0 saturated carbocycles. The molecule has 0 heterocycles. The van der Waals surface area contributed by atoms with Crippen LogP contribution in [-0.2, 0) is 0 Å². The van der Waals surface area contributed by atoms with Gasteiger partial charge in [-0.15, -0.1) is 0 Å². The number of benzene rings is 2. The Bertz CT molecular complexity index is 694. The van der Waals surface area contributed by atoms with E-state index >= 15 is 0 Å². The number of ether oxygens (including phenoxy) is 2. The van der Waals surface area contributed by atoms with Crippen LogP contribution in [0.5, 0.6) is 11.5 Å². The number of carboxylic acid groups (broad SMARTS) is 1. The molecule has 0 aliphatic carbocycles. The van der Waals surface area contributed by atoms with Crippen molar-refractivity contribution in [3.63, 3.8) is 0 Å². The molecule has 1 N–H and O–H groups in total. The number of aromatic carboxylic acids is 1. The van der Waals surface area contributed by atoms with Crippen LogP contribution in [0.3, 0.4) is 0 Å². The number of halogens is 1. The highest BCUT2D eigenvalue weighted by Gasteiger charge is 2.16. The van der Waals surface area contributed by atoms with Crippen molar-refractivity contribution in [1.29, 1.82) is 0 Å². The molecule has 0 aliphatic heterocycles. The van der Waals surface area contributed by atoms with E-state index in [1.54, 1.807) is 30.3 Å². The lowest BCUT2D eigenvalue weighted by atomic mass is 10.2. The molecule has 0 spiro atoms. The number of carbonyl (C=O) groups excluding carboxylic acids is 1. The molecule has 0 atom stereocenters. The van der Waals surface area contributed by atoms with Crippen LogP contribution in [0, 0.1) is 0 Å². The van der Waals surface area contributed by atoms with Gasteiger partial charge in [0.1, 0.15) is 17.1 Å². The third-order valence-corrected chi connectivity index (χ3v) is 3.27. The Labute approximate surface area is 135 Å². The average molecular weight is 365 g/mol. The van der Waals surface area contributed by atoms with Crippen LogP contribution in [0.4, 0.5) is 0 Å². The Morgan fingerprint density at radius 2 is 1.82 bits per heavy atom. The first-order valence-electron chi connectivity index (χ1n) is 6.49. The van der Waals surface area contributed by atoms with Gasteiger partial charge >= 0.3 is 11.9 Å². The molecule has 2 aromatic carbocycles. The minimum Gasteiger partial charge on any atom is -0.494 e. The van der Waals surface area contributed by atoms with Gasteiger partial charge in [0.15, 0.2) is 0 Å². The van der Waals surface area contributed by atoms with Crippen molar-refractivity contribution in [2.75, 3.05) is 6.61 Å². The van der Waals surface area contributed by atoms with Crippen molar-refractivity contribution < 1.29 is 24.2 Å². The van der Waals surface area contributed by atoms with Crippen molar-refractivity contribution in [3.8, 4) is 11.5 Å². The zero-order valence-electron chi connectivity index (χ0n) is 11.7. The predicted molar refractivity (Wildman–Crippen MR) is 83.7 cm³/mol. The number of hydrogen-bond donors (Lipinski definition) is 1. The third kappa shape index (κ3) is 3.85. The van der Waals surface area contributed by atoms with Crippen molar-refractivity contribution in [2.45, 2.75) is 6.92 Å². The van der Waals surface area contributed by atoms with E-state index in [1.807, 2.05) is 6.92 Å². The van der Waals surface area contributed by atoms with Crippen LogP contribution in [0.15, 0.2) is 46.9 Å². The molecule has 114 valence electrons. The summed E-state index contributed by atoms with van der Waals surface area (Å²) in [5, 5.41) is 9.14. The molecule has 0 aromatic heterocycles. The lowest BCUT2D eigenvalue weighted by molar-refractivity contribution is 0.0681. The van der Waals surface area contributed by atoms with E-state index in [9.17, 15) is 9.59 Å². The number of carbonyl (C=O) groups is 2. The van der Waals surface area contributed by atoms with E-state index in [4.69, 9.17) is 14.6 Å². The van der Waals surface area contributed by atoms with Gasteiger partial charge in [0, 0.05) is 4.47 Å². The summed E-state index contributed by atoms with van der Waals surface area (Å²) >= 11 is 3.18. The summed E-state index contributed by atoms with van der Waals surface area (Å²) in [6, 6.07) is 10.8. The predicted octanol–water partition coefficient (Wildman–Crippen LogP) is 3.77. The molecule has 5 nitrogen and oxygen atoms in total. The molecule has 0 unspecified atom stereocenters. The second kappa shape index (κ2) is 7.09. The Kier molecular flexibility index (Phi) is 5.16. The molecule has 2 rings (SSSR count). The molecule has 22 heavy (non-hydrogen) atoms. The number of esters is 1. The van der Waals surface area contributed by atoms with Gasteiger partial charge < -0.3 is 14.6 Å². The van der Waals surface area contributed by atoms with E-state index in [0.717, 1.165) is 0 Å². The van der Waals surface area contributed by atoms with E-state index in [1.165, 1.54) is 12.1 Å². The number of hydrogen-bond acceptors (Lipinski definition) is 4. The van der Waals surface area contributed by atoms with Gasteiger partial charge in [0.05, 0.1) is 12.2 Å². The smallest absolute Gasteiger partial charge is 0.343 e. The van der Waals surface area contributed by atoms with Crippen molar-refractivity contribution in [3.05, 3.63) is 58.1 Å². The fourth-order valence-corrected chi connectivity index (χ4v) is 2.13. The van der Waals surface area contributed by atoms with Crippen LogP contribution in [0.1, 0.15) is 27.6 Å². The van der Waals surface area contributed by atoms with Gasteiger partial charge in [-0.25, -0.2) is 9.59 Å². The first-order chi connectivity index (χ1) is 10.5. The van der Waals surface area contributed by atoms with Crippen LogP contribution >= 0.6 is 15.9 Å². The SMILES string of the molecule is CCOc1ccc(C(=O)Oc2ccc(Br)cc2C(=O)O)cc1. The standard InChI is InChI=1S/C16H13BrO5/c1-2-21-12-6-3-10(4-7-12)16(20)22-14-8-5-11(17)9-13(14)15(18)19/h3-9H,2H2,1H3,(H,18,19). The molecular formula is C16H13BrO5. The summed E-state index contributed by atoms with van der Waals surface area (Å²) in [7, 11) is 0. The largest absolute Gasteiger partial charge is 0.494 e. The normalized spacial score (nSPS) is 10.1. The Morgan fingerprint density at radius 1 is 1.14 bits per heavy atom. The first kappa shape index (κ1) is 16.0. The summed E-state index contributed by atoms with van der Waals surface area (Å²) in [6.07, 6.45) is 0. The average Bonchev–Trinajstić information content (AvgIpc) is 2.50. The third-order valence-electron chi connectivity index (χ3n) is 2.78. The van der Waals surface area contributed by atoms with E-state index in [0.29, 0.717) is 22.4 Å². The number of carboxylic acids is 1. The second-order valence-electron chi connectivity index (χ2n) is 4.29. The van der Waals surface area contributed by atoms with Crippen LogP contribution in [-0.4, -0.2) is 23.7 Å². The molecule has 2 aromatic rings. The Balaban J connectivity index is 2.20. The van der Waals surface area contributed by atoms with Gasteiger partial charge in [-0.2, -0.15) is 0 Å². The molecule has 0 bridgehead atoms. The molecular weight excluding hydrogens is 352 g/mol. The van der Waals surface area contributed by atoms with E-state index in [-0.39, 0.29) is 11.3 Å². The zero-order chi connectivity index (χ0) is 16.1. The maximum absolute atomic E-state index is 12.1. The fraction of sp³-hybridized carbons (Fsp3) is 0.125. The maximum atomic E-state index is 12.1. The topological polar surface area (TPSA) is 72.8 Å². The number of rotatable bonds is 5. The highest BCUT2D eigenvalue weighted by molar-refractivity contribution is 9.10. The second-order valence-corrected chi connectivity index (χ2v) is 5.21. The maximum Gasteiger partial charge on any atom is 0.343 e. The summed E-state index contributed by atoms with van der Waals surface area (Å²) in [5.41, 5.74) is 0.219. The van der Waals surface area contributed by atoms with Crippen LogP contribution < -0.4 is 9.47 Å². The summed E-state index contributed by atoms with van der Waals surface area (Å²) in [4.78, 5) is 23.3. The quantitative estimate of drug-likeness (QED) is 0.645. The molecule has 0 saturated heterocycles. The minimum atomic E-state index is -1.17. The zero-order valence-corrected chi connectivity index (χ0v) is 13.3. The van der Waals surface area contributed by atoms with Crippen molar-refractivity contribution in [2.24, 2.45) is 0 Å². The lowest BCUT2D eigenvalue weighted by Gasteiger charge is -2.08. The van der Waals surface area contributed by atoms with Crippen molar-refractivity contribution >= 4 is 27.9 Å². The highest BCUT2D eigenvalue weighted by Crippen LogP contribution is 2.24. The molecule has 0 radical (unpaired) electrons. The van der Waals surface area contributed by atoms with Crippen LogP contribution in [0.25, 0.3) is 0 Å². The molecule has 6 heteroatoms. The van der Waals surface area contributed by atoms with Gasteiger partial charge in [-0.3, -0.25) is 0 Å². The monoisotopic (exact) mass is 364 g/mol. The van der Waals surface area contributed by atoms with Crippen molar-refractivity contribution in [1.82, 2.24) is 0 Å². The van der Waals surface area contributed by atoms with Gasteiger partial charge in [0.25, 0.3) is 0 Å². The summed E-state index contributed by atoms with van der Waals surface area (Å²) in [5.74, 6) is -1.16. The van der Waals surface area contributed by atoms with E-state index < -0.39 is 11.9 Å². The van der Waals surface area contributed by atoms with Gasteiger partial charge in [-0.05, 0) is 49.4 Å². The first-order valence-corrected chi connectivity index (χ1v) is 7.28. The van der Waals surface area contributed by atoms with Gasteiger partial charge in [0.2, 0.25) is 0 Å². The Hall–Kier alpha value is -2.34. The molecule has 0 fully saturated rings. The summed E-state index contributed by atoms with van der Waals surface area (Å²) in [6.45, 7) is 2.40. The van der Waals surface area contributed by atoms with E-state index in [2.05, 4.69) is 15.9 Å². The van der Waals surface area contributed by atoms with Gasteiger partial charge in [-0.1, -0.05) is 15.9 Å². The summed E-state index contributed by atoms with van der Waals surface area (Å²) < 4.78 is 11.0. The lowest BCUT2D eigenvalue weighted by Crippen LogP contribution is -2.11. The molecule has 0 amide bonds. The van der Waals surface area contributed by atoms with Crippen LogP contribution in [0.2, 0.25) is 0 Å². The highest BCUT2D eigenvalue weighted by atomic mass is 79.9. The fourth-order valence-electron chi connectivity index (χ4n) is 1.77. The molecule has 0 aliphatic rings.